The number of aromatic nitrogens is 4. The minimum absolute atomic E-state index is 0.167. The molecule has 2 aromatic rings. The molecule has 0 bridgehead atoms. The van der Waals surface area contributed by atoms with Crippen LogP contribution in [0.2, 0.25) is 0 Å². The van der Waals surface area contributed by atoms with Crippen LogP contribution in [0.1, 0.15) is 37.6 Å². The molecule has 0 aromatic carbocycles. The van der Waals surface area contributed by atoms with Gasteiger partial charge in [0.25, 0.3) is 0 Å². The van der Waals surface area contributed by atoms with Crippen LogP contribution >= 0.6 is 0 Å². The van der Waals surface area contributed by atoms with E-state index in [4.69, 9.17) is 0 Å². The topological polar surface area (TPSA) is 70.3 Å². The first-order chi connectivity index (χ1) is 12.2. The number of piperidine rings is 1. The molecule has 7 nitrogen and oxygen atoms in total. The highest BCUT2D eigenvalue weighted by Crippen LogP contribution is 2.31. The number of aliphatic hydroxyl groups excluding tert-OH is 1. The van der Waals surface area contributed by atoms with Gasteiger partial charge in [-0.25, -0.2) is 15.0 Å². The van der Waals surface area contributed by atoms with Gasteiger partial charge in [-0.15, -0.1) is 0 Å². The lowest BCUT2D eigenvalue weighted by Crippen LogP contribution is -2.39. The molecule has 4 heterocycles. The van der Waals surface area contributed by atoms with Crippen LogP contribution in [0.5, 0.6) is 0 Å². The Morgan fingerprint density at radius 3 is 2.48 bits per heavy atom. The van der Waals surface area contributed by atoms with Crippen LogP contribution in [0.3, 0.4) is 0 Å². The van der Waals surface area contributed by atoms with E-state index in [0.717, 1.165) is 56.5 Å². The first-order valence-electron chi connectivity index (χ1n) is 9.19. The van der Waals surface area contributed by atoms with Gasteiger partial charge in [-0.3, -0.25) is 0 Å². The van der Waals surface area contributed by atoms with Gasteiger partial charge in [0.15, 0.2) is 0 Å². The van der Waals surface area contributed by atoms with E-state index in [9.17, 15) is 5.11 Å². The van der Waals surface area contributed by atoms with E-state index in [-0.39, 0.29) is 5.92 Å². The molecule has 0 saturated carbocycles. The molecule has 2 aromatic heterocycles. The number of imidazole rings is 1. The fourth-order valence-electron chi connectivity index (χ4n) is 3.98. The Hall–Kier alpha value is -2.15. The summed E-state index contributed by atoms with van der Waals surface area (Å²) in [5, 5.41) is 10.8. The van der Waals surface area contributed by atoms with E-state index >= 15 is 0 Å². The van der Waals surface area contributed by atoms with Crippen molar-refractivity contribution in [3.8, 4) is 0 Å². The summed E-state index contributed by atoms with van der Waals surface area (Å²) in [6.45, 7) is 3.93. The van der Waals surface area contributed by atoms with Crippen molar-refractivity contribution in [3.05, 3.63) is 30.6 Å². The Labute approximate surface area is 148 Å². The fourth-order valence-corrected chi connectivity index (χ4v) is 3.98. The monoisotopic (exact) mass is 342 g/mol. The predicted molar refractivity (Wildman–Crippen MR) is 96.6 cm³/mol. The number of hydrogen-bond donors (Lipinski definition) is 1. The SMILES string of the molecule is Cn1ccnc1[C@H](O)[C@@H]1CCCN(c2cc(N3CCCC3)ncn2)C1. The highest BCUT2D eigenvalue weighted by Gasteiger charge is 2.30. The van der Waals surface area contributed by atoms with Gasteiger partial charge in [-0.2, -0.15) is 0 Å². The van der Waals surface area contributed by atoms with Crippen molar-refractivity contribution in [2.75, 3.05) is 36.0 Å². The zero-order valence-corrected chi connectivity index (χ0v) is 14.8. The van der Waals surface area contributed by atoms with Crippen molar-refractivity contribution >= 4 is 11.6 Å². The van der Waals surface area contributed by atoms with Crippen molar-refractivity contribution < 1.29 is 5.11 Å². The number of rotatable bonds is 4. The molecule has 2 aliphatic rings. The Morgan fingerprint density at radius 1 is 1.04 bits per heavy atom. The van der Waals surface area contributed by atoms with Gasteiger partial charge in [-0.1, -0.05) is 0 Å². The van der Waals surface area contributed by atoms with Crippen LogP contribution in [0.4, 0.5) is 11.6 Å². The van der Waals surface area contributed by atoms with Crippen LogP contribution in [0.25, 0.3) is 0 Å². The van der Waals surface area contributed by atoms with Gasteiger partial charge in [-0.05, 0) is 25.7 Å². The lowest BCUT2D eigenvalue weighted by molar-refractivity contribution is 0.0874. The van der Waals surface area contributed by atoms with Gasteiger partial charge in [0, 0.05) is 57.6 Å². The highest BCUT2D eigenvalue weighted by molar-refractivity contribution is 5.50. The van der Waals surface area contributed by atoms with E-state index in [0.29, 0.717) is 0 Å². The quantitative estimate of drug-likeness (QED) is 0.913. The molecular weight excluding hydrogens is 316 g/mol. The molecule has 2 fully saturated rings. The van der Waals surface area contributed by atoms with Gasteiger partial charge < -0.3 is 19.5 Å². The number of aliphatic hydroxyl groups is 1. The third-order valence-electron chi connectivity index (χ3n) is 5.42. The molecule has 4 rings (SSSR count). The largest absolute Gasteiger partial charge is 0.385 e. The van der Waals surface area contributed by atoms with Crippen molar-refractivity contribution in [2.45, 2.75) is 31.8 Å². The fraction of sp³-hybridized carbons (Fsp3) is 0.611. The van der Waals surface area contributed by atoms with Crippen molar-refractivity contribution in [1.29, 1.82) is 0 Å². The Kier molecular flexibility index (Phi) is 4.57. The smallest absolute Gasteiger partial charge is 0.137 e. The van der Waals surface area contributed by atoms with E-state index in [1.165, 1.54) is 12.8 Å². The molecule has 134 valence electrons. The molecule has 0 spiro atoms. The molecular formula is C18H26N6O. The maximum atomic E-state index is 10.8. The van der Waals surface area contributed by atoms with E-state index in [1.54, 1.807) is 12.5 Å². The van der Waals surface area contributed by atoms with Crippen molar-refractivity contribution in [1.82, 2.24) is 19.5 Å². The van der Waals surface area contributed by atoms with E-state index in [2.05, 4.69) is 30.8 Å². The predicted octanol–water partition coefficient (Wildman–Crippen LogP) is 1.76. The summed E-state index contributed by atoms with van der Waals surface area (Å²) in [7, 11) is 1.93. The zero-order valence-electron chi connectivity index (χ0n) is 14.8. The summed E-state index contributed by atoms with van der Waals surface area (Å²) in [6.07, 6.45) is 9.29. The Balaban J connectivity index is 1.49. The van der Waals surface area contributed by atoms with Crippen LogP contribution < -0.4 is 9.80 Å². The lowest BCUT2D eigenvalue weighted by atomic mass is 9.92. The summed E-state index contributed by atoms with van der Waals surface area (Å²) in [5.41, 5.74) is 0. The number of nitrogens with zero attached hydrogens (tertiary/aromatic N) is 6. The normalized spacial score (nSPS) is 22.4. The van der Waals surface area contributed by atoms with E-state index in [1.807, 2.05) is 17.8 Å². The van der Waals surface area contributed by atoms with Crippen LogP contribution in [-0.2, 0) is 7.05 Å². The molecule has 0 unspecified atom stereocenters. The molecule has 0 radical (unpaired) electrons. The van der Waals surface area contributed by atoms with Gasteiger partial charge in [0.1, 0.15) is 29.9 Å². The first kappa shape index (κ1) is 16.3. The van der Waals surface area contributed by atoms with E-state index < -0.39 is 6.10 Å². The van der Waals surface area contributed by atoms with Gasteiger partial charge in [0.05, 0.1) is 0 Å². The third-order valence-corrected chi connectivity index (χ3v) is 5.42. The Morgan fingerprint density at radius 2 is 1.76 bits per heavy atom. The molecule has 2 saturated heterocycles. The Bertz CT molecular complexity index is 711. The average molecular weight is 342 g/mol. The van der Waals surface area contributed by atoms with Crippen molar-refractivity contribution in [2.24, 2.45) is 13.0 Å². The number of aryl methyl sites for hydroxylation is 1. The summed E-state index contributed by atoms with van der Waals surface area (Å²) in [6, 6.07) is 2.10. The van der Waals surface area contributed by atoms with Crippen LogP contribution in [0, 0.1) is 5.92 Å². The summed E-state index contributed by atoms with van der Waals surface area (Å²) >= 11 is 0. The number of anilines is 2. The molecule has 2 atom stereocenters. The molecule has 2 aliphatic heterocycles. The first-order valence-corrected chi connectivity index (χ1v) is 9.19. The maximum absolute atomic E-state index is 10.8. The zero-order chi connectivity index (χ0) is 17.2. The second-order valence-electron chi connectivity index (χ2n) is 7.12. The minimum atomic E-state index is -0.539. The van der Waals surface area contributed by atoms with Crippen LogP contribution in [-0.4, -0.2) is 50.8 Å². The number of hydrogen-bond acceptors (Lipinski definition) is 6. The molecule has 7 heteroatoms. The molecule has 0 amide bonds. The summed E-state index contributed by atoms with van der Waals surface area (Å²) in [5.74, 6) is 2.90. The van der Waals surface area contributed by atoms with Gasteiger partial charge in [0.2, 0.25) is 0 Å². The standard InChI is InChI=1S/C18H26N6O/c1-22-10-6-19-18(22)17(25)14-5-4-9-24(12-14)16-11-15(20-13-21-16)23-7-2-3-8-23/h6,10-11,13-14,17,25H,2-5,7-9,12H2,1H3/t14-,17-/m1/s1. The minimum Gasteiger partial charge on any atom is -0.385 e. The van der Waals surface area contributed by atoms with Crippen molar-refractivity contribution in [3.63, 3.8) is 0 Å². The highest BCUT2D eigenvalue weighted by atomic mass is 16.3. The molecule has 1 N–H and O–H groups in total. The summed E-state index contributed by atoms with van der Waals surface area (Å²) < 4.78 is 1.90. The third kappa shape index (κ3) is 3.33. The average Bonchev–Trinajstić information content (AvgIpc) is 3.33. The van der Waals surface area contributed by atoms with Crippen LogP contribution in [0.15, 0.2) is 24.8 Å². The second kappa shape index (κ2) is 7.00. The maximum Gasteiger partial charge on any atom is 0.137 e. The molecule has 0 aliphatic carbocycles. The second-order valence-corrected chi connectivity index (χ2v) is 7.12. The molecule has 25 heavy (non-hydrogen) atoms. The lowest BCUT2D eigenvalue weighted by Gasteiger charge is -2.35. The van der Waals surface area contributed by atoms with Gasteiger partial charge >= 0.3 is 0 Å². The summed E-state index contributed by atoms with van der Waals surface area (Å²) in [4.78, 5) is 17.9.